The molecule has 13 heteroatoms. The predicted molar refractivity (Wildman–Crippen MR) is 128 cm³/mol. The number of carboxylic acid groups (broad SMARTS) is 1. The molecular weight excluding hydrogens is 505 g/mol. The highest BCUT2D eigenvalue weighted by Crippen LogP contribution is 2.39. The van der Waals surface area contributed by atoms with Gasteiger partial charge in [0.15, 0.2) is 15.2 Å². The van der Waals surface area contributed by atoms with Crippen LogP contribution in [0.5, 0.6) is 0 Å². The Bertz CT molecular complexity index is 1350. The fourth-order valence-corrected chi connectivity index (χ4v) is 5.67. The Morgan fingerprint density at radius 2 is 2.09 bits per heavy atom. The van der Waals surface area contributed by atoms with E-state index in [-0.39, 0.29) is 5.69 Å². The van der Waals surface area contributed by atoms with Crippen molar-refractivity contribution in [2.45, 2.75) is 15.9 Å². The summed E-state index contributed by atoms with van der Waals surface area (Å²) >= 11 is 14.8. The molecule has 4 aromatic heterocycles. The average molecular weight is 520 g/mol. The summed E-state index contributed by atoms with van der Waals surface area (Å²) < 4.78 is 0.543. The van der Waals surface area contributed by atoms with Gasteiger partial charge in [0, 0.05) is 36.4 Å². The van der Waals surface area contributed by atoms with Crippen molar-refractivity contribution in [2.24, 2.45) is 5.92 Å². The van der Waals surface area contributed by atoms with Gasteiger partial charge in [-0.05, 0) is 35.7 Å². The van der Waals surface area contributed by atoms with E-state index < -0.39 is 5.97 Å². The van der Waals surface area contributed by atoms with Crippen LogP contribution in [-0.2, 0) is 6.42 Å². The van der Waals surface area contributed by atoms with Crippen molar-refractivity contribution in [1.29, 1.82) is 0 Å². The number of rotatable bonds is 7. The van der Waals surface area contributed by atoms with Crippen molar-refractivity contribution in [1.82, 2.24) is 29.9 Å². The molecule has 0 atom stereocenters. The maximum absolute atomic E-state index is 11.1. The molecule has 0 amide bonds. The second kappa shape index (κ2) is 9.26. The normalized spacial score (nSPS) is 14.3. The molecular formula is C20H15Cl2N7O2S2. The molecule has 5 rings (SSSR count). The van der Waals surface area contributed by atoms with Crippen molar-refractivity contribution in [2.75, 3.05) is 18.0 Å². The minimum atomic E-state index is -1.07. The number of H-pyrrole nitrogens is 1. The molecule has 1 aliphatic rings. The first-order chi connectivity index (χ1) is 16.0. The first-order valence-electron chi connectivity index (χ1n) is 9.73. The highest BCUT2D eigenvalue weighted by Gasteiger charge is 2.31. The Balaban J connectivity index is 1.45. The SMILES string of the molecule is O=C(O)c1csc(Sc2nc(N3CC(Cc4cncnc4)C3)c3c(Cl)c(C=CCl)[nH]c3n2)n1. The number of halogens is 2. The summed E-state index contributed by atoms with van der Waals surface area (Å²) in [6.07, 6.45) is 7.73. The quantitative estimate of drug-likeness (QED) is 0.337. The third-order valence-electron chi connectivity index (χ3n) is 5.08. The standard InChI is InChI=1S/C20H15Cl2N7O2S2/c21-2-1-12-15(22)14-16(25-12)27-19(33-20-26-13(8-32-20)18(30)31)28-17(14)29-6-11(7-29)3-10-4-23-9-24-5-10/h1-2,4-5,8-9,11H,3,6-7H2,(H,30,31)(H,25,27,28). The molecule has 0 radical (unpaired) electrons. The highest BCUT2D eigenvalue weighted by atomic mass is 35.5. The van der Waals surface area contributed by atoms with Gasteiger partial charge in [-0.2, -0.15) is 0 Å². The maximum Gasteiger partial charge on any atom is 0.355 e. The Morgan fingerprint density at radius 3 is 2.79 bits per heavy atom. The number of nitrogens with one attached hydrogen (secondary N) is 1. The summed E-state index contributed by atoms with van der Waals surface area (Å²) in [6, 6.07) is 0. The van der Waals surface area contributed by atoms with Crippen LogP contribution >= 0.6 is 46.3 Å². The summed E-state index contributed by atoms with van der Waals surface area (Å²) in [7, 11) is 0. The number of thiazole rings is 1. The maximum atomic E-state index is 11.1. The van der Waals surface area contributed by atoms with Crippen molar-refractivity contribution >= 4 is 75.2 Å². The molecule has 0 bridgehead atoms. The molecule has 0 unspecified atom stereocenters. The molecule has 9 nitrogen and oxygen atoms in total. The lowest BCUT2D eigenvalue weighted by molar-refractivity contribution is 0.0691. The van der Waals surface area contributed by atoms with Crippen LogP contribution in [0.3, 0.4) is 0 Å². The van der Waals surface area contributed by atoms with Crippen LogP contribution in [0.4, 0.5) is 5.82 Å². The van der Waals surface area contributed by atoms with E-state index >= 15 is 0 Å². The van der Waals surface area contributed by atoms with Gasteiger partial charge in [0.2, 0.25) is 0 Å². The Labute approximate surface area is 205 Å². The summed E-state index contributed by atoms with van der Waals surface area (Å²) in [4.78, 5) is 38.1. The van der Waals surface area contributed by atoms with Crippen molar-refractivity contribution in [3.63, 3.8) is 0 Å². The van der Waals surface area contributed by atoms with E-state index in [2.05, 4.69) is 29.8 Å². The van der Waals surface area contributed by atoms with Gasteiger partial charge in [-0.1, -0.05) is 23.2 Å². The predicted octanol–water partition coefficient (Wildman–Crippen LogP) is 4.60. The molecule has 0 spiro atoms. The molecule has 1 saturated heterocycles. The van der Waals surface area contributed by atoms with Crippen LogP contribution in [-0.4, -0.2) is 54.1 Å². The number of aromatic nitrogens is 6. The van der Waals surface area contributed by atoms with Crippen molar-refractivity contribution in [3.8, 4) is 0 Å². The second-order valence-corrected chi connectivity index (χ2v) is 10.0. The fraction of sp³-hybridized carbons (Fsp3) is 0.200. The molecule has 4 aromatic rings. The zero-order chi connectivity index (χ0) is 22.9. The zero-order valence-corrected chi connectivity index (χ0v) is 19.9. The van der Waals surface area contributed by atoms with Crippen LogP contribution in [0.15, 0.2) is 39.1 Å². The third-order valence-corrected chi connectivity index (χ3v) is 7.41. The highest BCUT2D eigenvalue weighted by molar-refractivity contribution is 8.00. The molecule has 0 aliphatic carbocycles. The third kappa shape index (κ3) is 4.54. The van der Waals surface area contributed by atoms with Gasteiger partial charge in [-0.15, -0.1) is 11.3 Å². The van der Waals surface area contributed by atoms with Crippen LogP contribution in [0.1, 0.15) is 21.7 Å². The molecule has 168 valence electrons. The number of aromatic carboxylic acids is 1. The van der Waals surface area contributed by atoms with Gasteiger partial charge in [0.05, 0.1) is 16.1 Å². The van der Waals surface area contributed by atoms with Gasteiger partial charge in [-0.25, -0.2) is 29.7 Å². The van der Waals surface area contributed by atoms with Gasteiger partial charge >= 0.3 is 5.97 Å². The molecule has 1 aliphatic heterocycles. The number of carbonyl (C=O) groups is 1. The molecule has 33 heavy (non-hydrogen) atoms. The molecule has 2 N–H and O–H groups in total. The van der Waals surface area contributed by atoms with Gasteiger partial charge in [0.1, 0.15) is 17.8 Å². The summed E-state index contributed by atoms with van der Waals surface area (Å²) in [6.45, 7) is 1.60. The van der Waals surface area contributed by atoms with Crippen LogP contribution in [0, 0.1) is 5.92 Å². The van der Waals surface area contributed by atoms with Crippen molar-refractivity contribution < 1.29 is 9.90 Å². The minimum absolute atomic E-state index is 0.00303. The molecule has 1 fully saturated rings. The fourth-order valence-electron chi connectivity index (χ4n) is 3.61. The molecule has 0 saturated carbocycles. The van der Waals surface area contributed by atoms with Crippen LogP contribution < -0.4 is 4.90 Å². The van der Waals surface area contributed by atoms with E-state index in [0.717, 1.165) is 30.5 Å². The summed E-state index contributed by atoms with van der Waals surface area (Å²) in [5.41, 5.74) is 3.69. The molecule has 5 heterocycles. The van der Waals surface area contributed by atoms with Crippen LogP contribution in [0.25, 0.3) is 17.1 Å². The lowest BCUT2D eigenvalue weighted by atomic mass is 9.93. The minimum Gasteiger partial charge on any atom is -0.476 e. The van der Waals surface area contributed by atoms with Gasteiger partial charge in [0.25, 0.3) is 0 Å². The summed E-state index contributed by atoms with van der Waals surface area (Å²) in [5, 5.41) is 12.3. The Kier molecular flexibility index (Phi) is 6.19. The number of anilines is 1. The Morgan fingerprint density at radius 1 is 1.30 bits per heavy atom. The van der Waals surface area contributed by atoms with E-state index in [0.29, 0.717) is 37.6 Å². The zero-order valence-electron chi connectivity index (χ0n) is 16.8. The Hall–Kier alpha value is -2.73. The first-order valence-corrected chi connectivity index (χ1v) is 12.2. The van der Waals surface area contributed by atoms with Crippen LogP contribution in [0.2, 0.25) is 5.02 Å². The lowest BCUT2D eigenvalue weighted by Gasteiger charge is -2.40. The number of hydrogen-bond donors (Lipinski definition) is 2. The number of hydrogen-bond acceptors (Lipinski definition) is 9. The molecule has 0 aromatic carbocycles. The van der Waals surface area contributed by atoms with Gasteiger partial charge in [-0.3, -0.25) is 0 Å². The van der Waals surface area contributed by atoms with E-state index in [1.165, 1.54) is 40.3 Å². The number of aromatic amines is 1. The van der Waals surface area contributed by atoms with E-state index in [4.69, 9.17) is 33.3 Å². The monoisotopic (exact) mass is 519 g/mol. The number of nitrogens with zero attached hydrogens (tertiary/aromatic N) is 6. The van der Waals surface area contributed by atoms with Gasteiger partial charge < -0.3 is 15.0 Å². The number of fused-ring (bicyclic) bond motifs is 1. The first kappa shape index (κ1) is 22.1. The van der Waals surface area contributed by atoms with E-state index in [1.54, 1.807) is 6.08 Å². The summed E-state index contributed by atoms with van der Waals surface area (Å²) in [5.74, 6) is 0.0851. The van der Waals surface area contributed by atoms with E-state index in [9.17, 15) is 4.79 Å². The lowest BCUT2D eigenvalue weighted by Crippen LogP contribution is -2.48. The second-order valence-electron chi connectivity index (χ2n) is 7.33. The topological polar surface area (TPSA) is 121 Å². The van der Waals surface area contributed by atoms with Crippen molar-refractivity contribution in [3.05, 3.63) is 51.6 Å². The van der Waals surface area contributed by atoms with E-state index in [1.807, 2.05) is 12.4 Å². The number of carboxylic acids is 1. The smallest absolute Gasteiger partial charge is 0.355 e. The largest absolute Gasteiger partial charge is 0.476 e. The average Bonchev–Trinajstić information content (AvgIpc) is 3.36.